The van der Waals surface area contributed by atoms with E-state index in [1.165, 1.54) is 0 Å². The number of carbonyl (C=O) groups excluding carboxylic acids is 1. The molecule has 2 aromatic rings. The molecule has 0 unspecified atom stereocenters. The van der Waals surface area contributed by atoms with Gasteiger partial charge in [0.2, 0.25) is 5.12 Å². The van der Waals surface area contributed by atoms with Crippen LogP contribution in [-0.4, -0.2) is 5.12 Å². The van der Waals surface area contributed by atoms with Crippen molar-refractivity contribution in [3.63, 3.8) is 0 Å². The van der Waals surface area contributed by atoms with Crippen molar-refractivity contribution in [1.82, 2.24) is 0 Å². The first-order valence-electron chi connectivity index (χ1n) is 4.27. The fourth-order valence-electron chi connectivity index (χ4n) is 1.04. The van der Waals surface area contributed by atoms with Crippen LogP contribution in [0.1, 0.15) is 10.4 Å². The highest BCUT2D eigenvalue weighted by Gasteiger charge is 2.13. The van der Waals surface area contributed by atoms with E-state index >= 15 is 0 Å². The molecule has 82 valence electrons. The zero-order valence-corrected chi connectivity index (χ0v) is 11.2. The minimum absolute atomic E-state index is 0.0339. The summed E-state index contributed by atoms with van der Waals surface area (Å²) in [7, 11) is 0. The Hall–Kier alpha value is -0.560. The molecule has 2 nitrogen and oxygen atoms in total. The monoisotopic (exact) mass is 286 g/mol. The minimum atomic E-state index is -0.0649. The van der Waals surface area contributed by atoms with Crippen molar-refractivity contribution in [2.24, 2.45) is 0 Å². The van der Waals surface area contributed by atoms with Crippen LogP contribution in [-0.2, 0) is 0 Å². The Balaban J connectivity index is 2.20. The van der Waals surface area contributed by atoms with Crippen LogP contribution in [0, 0.1) is 0 Å². The summed E-state index contributed by atoms with van der Waals surface area (Å²) in [5, 5.41) is -0.0649. The van der Waals surface area contributed by atoms with Gasteiger partial charge in [-0.2, -0.15) is 0 Å². The average Bonchev–Trinajstić information content (AvgIpc) is 2.59. The average molecular weight is 286 g/mol. The summed E-state index contributed by atoms with van der Waals surface area (Å²) in [6, 6.07) is 8.98. The Morgan fingerprint density at radius 3 is 2.44 bits per heavy atom. The van der Waals surface area contributed by atoms with Gasteiger partial charge >= 0.3 is 0 Å². The molecule has 0 N–H and O–H groups in total. The van der Waals surface area contributed by atoms with Gasteiger partial charge in [0.15, 0.2) is 0 Å². The number of hydrogen-bond donors (Lipinski definition) is 1. The van der Waals surface area contributed by atoms with Gasteiger partial charge in [0.1, 0.15) is 0 Å². The van der Waals surface area contributed by atoms with Crippen LogP contribution in [0.25, 0.3) is 0 Å². The molecule has 0 radical (unpaired) electrons. The van der Waals surface area contributed by atoms with Crippen molar-refractivity contribution in [2.75, 3.05) is 0 Å². The number of rotatable bonds is 2. The maximum atomic E-state index is 11.8. The van der Waals surface area contributed by atoms with Crippen molar-refractivity contribution >= 4 is 52.2 Å². The van der Waals surface area contributed by atoms with Crippen molar-refractivity contribution in [1.29, 1.82) is 0 Å². The predicted octanol–water partition coefficient (Wildman–Crippen LogP) is 3.39. The molecule has 1 aromatic heterocycles. The highest BCUT2D eigenvalue weighted by Crippen LogP contribution is 2.33. The number of thiol groups is 1. The Bertz CT molecular complexity index is 556. The van der Waals surface area contributed by atoms with E-state index in [0.717, 1.165) is 34.4 Å². The van der Waals surface area contributed by atoms with Crippen molar-refractivity contribution in [3.8, 4) is 0 Å². The van der Waals surface area contributed by atoms with Crippen LogP contribution in [0.3, 0.4) is 0 Å². The second-order valence-electron chi connectivity index (χ2n) is 2.80. The third-order valence-electron chi connectivity index (χ3n) is 1.73. The zero-order valence-electron chi connectivity index (χ0n) is 7.88. The van der Waals surface area contributed by atoms with Crippen LogP contribution in [0.4, 0.5) is 0 Å². The quantitative estimate of drug-likeness (QED) is 0.679. The molecule has 0 spiro atoms. The van der Waals surface area contributed by atoms with Crippen LogP contribution in [0.2, 0.25) is 0 Å². The molecular formula is C10H6O2S4. The topological polar surface area (TPSA) is 34.1 Å². The zero-order chi connectivity index (χ0) is 11.5. The third kappa shape index (κ3) is 2.76. The number of hydrogen-bond acceptors (Lipinski definition) is 6. The van der Waals surface area contributed by atoms with E-state index in [0.29, 0.717) is 14.0 Å². The van der Waals surface area contributed by atoms with Crippen molar-refractivity contribution < 1.29 is 4.79 Å². The van der Waals surface area contributed by atoms with Crippen LogP contribution < -0.4 is 4.06 Å². The van der Waals surface area contributed by atoms with Gasteiger partial charge in [-0.05, 0) is 11.8 Å². The van der Waals surface area contributed by atoms with Gasteiger partial charge in [0.05, 0.1) is 8.42 Å². The Labute approximate surface area is 110 Å². The van der Waals surface area contributed by atoms with Crippen LogP contribution in [0.5, 0.6) is 0 Å². The minimum Gasteiger partial charge on any atom is -0.281 e. The maximum Gasteiger partial charge on any atom is 0.289 e. The molecule has 1 aromatic carbocycles. The fourth-order valence-corrected chi connectivity index (χ4v) is 4.69. The first-order valence-corrected chi connectivity index (χ1v) is 7.16. The second kappa shape index (κ2) is 5.18. The van der Waals surface area contributed by atoms with Gasteiger partial charge in [0, 0.05) is 5.56 Å². The first kappa shape index (κ1) is 11.9. The summed E-state index contributed by atoms with van der Waals surface area (Å²) in [6.45, 7) is 0. The Morgan fingerprint density at radius 2 is 1.88 bits per heavy atom. The molecule has 0 aliphatic heterocycles. The van der Waals surface area contributed by atoms with E-state index in [1.54, 1.807) is 12.1 Å². The first-order chi connectivity index (χ1) is 7.66. The predicted molar refractivity (Wildman–Crippen MR) is 72.3 cm³/mol. The summed E-state index contributed by atoms with van der Waals surface area (Å²) in [4.78, 5) is 22.9. The number of thioether (sulfide) groups is 1. The van der Waals surface area contributed by atoms with E-state index in [2.05, 4.69) is 12.6 Å². The standard InChI is InChI=1S/C10H6O2S4/c11-7(6-4-2-1-3-5-6)14-9-8(13)15-10(12)16-9/h1-5,13H. The summed E-state index contributed by atoms with van der Waals surface area (Å²) < 4.78 is 1.25. The van der Waals surface area contributed by atoms with Gasteiger partial charge < -0.3 is 0 Å². The van der Waals surface area contributed by atoms with Gasteiger partial charge in [-0.25, -0.2) is 0 Å². The maximum absolute atomic E-state index is 11.8. The van der Waals surface area contributed by atoms with E-state index in [9.17, 15) is 9.59 Å². The second-order valence-corrected chi connectivity index (χ2v) is 7.02. The van der Waals surface area contributed by atoms with E-state index in [-0.39, 0.29) is 9.17 Å². The van der Waals surface area contributed by atoms with Crippen LogP contribution in [0.15, 0.2) is 43.5 Å². The highest BCUT2D eigenvalue weighted by atomic mass is 32.2. The molecule has 0 bridgehead atoms. The molecule has 6 heteroatoms. The molecule has 0 aliphatic rings. The van der Waals surface area contributed by atoms with Gasteiger partial charge in [-0.3, -0.25) is 9.59 Å². The molecule has 0 amide bonds. The molecule has 0 aliphatic carbocycles. The molecule has 0 saturated carbocycles. The smallest absolute Gasteiger partial charge is 0.281 e. The van der Waals surface area contributed by atoms with E-state index < -0.39 is 0 Å². The Morgan fingerprint density at radius 1 is 1.19 bits per heavy atom. The Kier molecular flexibility index (Phi) is 3.86. The van der Waals surface area contributed by atoms with Gasteiger partial charge in [-0.1, -0.05) is 53.0 Å². The lowest BCUT2D eigenvalue weighted by Crippen LogP contribution is -1.91. The van der Waals surface area contributed by atoms with Crippen LogP contribution >= 0.6 is 47.1 Å². The molecular weight excluding hydrogens is 280 g/mol. The van der Waals surface area contributed by atoms with Crippen molar-refractivity contribution in [3.05, 3.63) is 44.7 Å². The SMILES string of the molecule is O=C(Sc1sc(=O)sc1S)c1ccccc1. The number of benzene rings is 1. The molecule has 0 atom stereocenters. The lowest BCUT2D eigenvalue weighted by Gasteiger charge is -1.97. The normalized spacial score (nSPS) is 10.3. The molecule has 0 fully saturated rings. The summed E-state index contributed by atoms with van der Waals surface area (Å²) in [5.41, 5.74) is 0.631. The molecule has 1 heterocycles. The fraction of sp³-hybridized carbons (Fsp3) is 0. The lowest BCUT2D eigenvalue weighted by atomic mass is 10.2. The van der Waals surface area contributed by atoms with Gasteiger partial charge in [0.25, 0.3) is 4.06 Å². The van der Waals surface area contributed by atoms with Crippen molar-refractivity contribution in [2.45, 2.75) is 8.42 Å². The van der Waals surface area contributed by atoms with E-state index in [1.807, 2.05) is 18.2 Å². The summed E-state index contributed by atoms with van der Waals surface area (Å²) >= 11 is 7.35. The summed E-state index contributed by atoms with van der Waals surface area (Å²) in [6.07, 6.45) is 0. The third-order valence-corrected chi connectivity index (χ3v) is 5.71. The molecule has 0 saturated heterocycles. The molecule has 16 heavy (non-hydrogen) atoms. The highest BCUT2D eigenvalue weighted by molar-refractivity contribution is 8.15. The van der Waals surface area contributed by atoms with E-state index in [4.69, 9.17) is 0 Å². The van der Waals surface area contributed by atoms with Gasteiger partial charge in [-0.15, -0.1) is 12.6 Å². The summed E-state index contributed by atoms with van der Waals surface area (Å²) in [5.74, 6) is 0. The lowest BCUT2D eigenvalue weighted by molar-refractivity contribution is 0.108. The molecule has 2 rings (SSSR count). The largest absolute Gasteiger partial charge is 0.289 e. The number of carbonyl (C=O) groups is 1.